The molecule has 0 radical (unpaired) electrons. The van der Waals surface area contributed by atoms with Crippen molar-refractivity contribution in [2.45, 2.75) is 29.7 Å². The molecule has 1 amide bonds. The normalized spacial score (nSPS) is 16.2. The van der Waals surface area contributed by atoms with Crippen LogP contribution in [-0.2, 0) is 20.6 Å². The number of hydrogen-bond donors (Lipinski definition) is 1. The van der Waals surface area contributed by atoms with Crippen LogP contribution in [0.4, 0.5) is 0 Å². The fourth-order valence-corrected chi connectivity index (χ4v) is 6.70. The Morgan fingerprint density at radius 2 is 2.04 bits per heavy atom. The summed E-state index contributed by atoms with van der Waals surface area (Å²) in [6.45, 7) is 3.54. The number of thiophene rings is 1. The zero-order valence-electron chi connectivity index (χ0n) is 16.0. The number of nitrogens with zero attached hydrogens (tertiary/aromatic N) is 1. The molecule has 0 spiro atoms. The van der Waals surface area contributed by atoms with Crippen molar-refractivity contribution in [1.82, 2.24) is 9.62 Å². The van der Waals surface area contributed by atoms with Crippen molar-refractivity contribution in [1.29, 1.82) is 0 Å². The van der Waals surface area contributed by atoms with Gasteiger partial charge in [0.05, 0.1) is 0 Å². The minimum atomic E-state index is -3.40. The zero-order chi connectivity index (χ0) is 20.0. The summed E-state index contributed by atoms with van der Waals surface area (Å²) in [6, 6.07) is 11.8. The van der Waals surface area contributed by atoms with Crippen LogP contribution in [0.3, 0.4) is 0 Å². The van der Waals surface area contributed by atoms with E-state index < -0.39 is 10.0 Å². The predicted octanol–water partition coefficient (Wildman–Crippen LogP) is 3.51. The number of benzene rings is 1. The zero-order valence-corrected chi connectivity index (χ0v) is 18.4. The van der Waals surface area contributed by atoms with E-state index in [0.29, 0.717) is 36.7 Å². The summed E-state index contributed by atoms with van der Waals surface area (Å²) >= 11 is 3.04. The van der Waals surface area contributed by atoms with Crippen LogP contribution in [0.25, 0.3) is 0 Å². The molecule has 2 heterocycles. The monoisotopic (exact) mass is 438 g/mol. The SMILES string of the molecule is Cc1cccc(CSCCNC(=O)C2CCN(S(=O)(=O)c3cccs3)CC2)c1. The fraction of sp³-hybridized carbons (Fsp3) is 0.450. The Bertz CT molecular complexity index is 874. The molecule has 1 saturated heterocycles. The number of sulfonamides is 1. The topological polar surface area (TPSA) is 66.5 Å². The second kappa shape index (κ2) is 9.91. The summed E-state index contributed by atoms with van der Waals surface area (Å²) < 4.78 is 27.0. The average Bonchev–Trinajstić information content (AvgIpc) is 3.23. The van der Waals surface area contributed by atoms with Gasteiger partial charge in [-0.15, -0.1) is 11.3 Å². The first-order chi connectivity index (χ1) is 13.5. The van der Waals surface area contributed by atoms with E-state index in [4.69, 9.17) is 0 Å². The van der Waals surface area contributed by atoms with Gasteiger partial charge in [0.1, 0.15) is 4.21 Å². The van der Waals surface area contributed by atoms with Gasteiger partial charge in [0.25, 0.3) is 10.0 Å². The molecule has 0 unspecified atom stereocenters. The Morgan fingerprint density at radius 1 is 1.25 bits per heavy atom. The quantitative estimate of drug-likeness (QED) is 0.641. The van der Waals surface area contributed by atoms with Gasteiger partial charge in [-0.3, -0.25) is 4.79 Å². The molecule has 28 heavy (non-hydrogen) atoms. The maximum Gasteiger partial charge on any atom is 0.252 e. The lowest BCUT2D eigenvalue weighted by molar-refractivity contribution is -0.125. The second-order valence-corrected chi connectivity index (χ2v) is 11.2. The molecule has 1 fully saturated rings. The lowest BCUT2D eigenvalue weighted by atomic mass is 9.97. The predicted molar refractivity (Wildman–Crippen MR) is 116 cm³/mol. The van der Waals surface area contributed by atoms with Crippen LogP contribution >= 0.6 is 23.1 Å². The number of rotatable bonds is 8. The molecular formula is C20H26N2O3S3. The van der Waals surface area contributed by atoms with Crippen LogP contribution in [0.5, 0.6) is 0 Å². The van der Waals surface area contributed by atoms with Crippen molar-refractivity contribution in [3.63, 3.8) is 0 Å². The molecule has 3 rings (SSSR count). The van der Waals surface area contributed by atoms with Gasteiger partial charge in [-0.2, -0.15) is 16.1 Å². The highest BCUT2D eigenvalue weighted by atomic mass is 32.2. The van der Waals surface area contributed by atoms with Crippen LogP contribution < -0.4 is 5.32 Å². The number of thioether (sulfide) groups is 1. The van der Waals surface area contributed by atoms with Crippen LogP contribution in [0, 0.1) is 12.8 Å². The molecule has 1 aliphatic heterocycles. The lowest BCUT2D eigenvalue weighted by Crippen LogP contribution is -2.43. The fourth-order valence-electron chi connectivity index (χ4n) is 3.28. The number of carbonyl (C=O) groups is 1. The minimum absolute atomic E-state index is 0.0457. The number of amides is 1. The van der Waals surface area contributed by atoms with E-state index in [-0.39, 0.29) is 11.8 Å². The van der Waals surface area contributed by atoms with Crippen LogP contribution in [0.15, 0.2) is 46.0 Å². The van der Waals surface area contributed by atoms with Gasteiger partial charge >= 0.3 is 0 Å². The third-order valence-electron chi connectivity index (χ3n) is 4.81. The van der Waals surface area contributed by atoms with Gasteiger partial charge in [0.15, 0.2) is 0 Å². The summed E-state index contributed by atoms with van der Waals surface area (Å²) in [5.74, 6) is 1.75. The average molecular weight is 439 g/mol. The Balaban J connectivity index is 1.36. The Labute approximate surface area is 175 Å². The molecule has 1 aliphatic rings. The highest BCUT2D eigenvalue weighted by molar-refractivity contribution is 7.98. The highest BCUT2D eigenvalue weighted by Crippen LogP contribution is 2.26. The molecule has 8 heteroatoms. The van der Waals surface area contributed by atoms with E-state index in [9.17, 15) is 13.2 Å². The first-order valence-corrected chi connectivity index (χ1v) is 12.9. The molecule has 1 aromatic heterocycles. The largest absolute Gasteiger partial charge is 0.355 e. The summed E-state index contributed by atoms with van der Waals surface area (Å²) in [6.07, 6.45) is 1.15. The minimum Gasteiger partial charge on any atom is -0.355 e. The van der Waals surface area contributed by atoms with E-state index >= 15 is 0 Å². The standard InChI is InChI=1S/C20H26N2O3S3/c1-16-4-2-5-17(14-16)15-26-13-9-21-20(23)18-7-10-22(11-8-18)28(24,25)19-6-3-12-27-19/h2-6,12,14,18H,7-11,13,15H2,1H3,(H,21,23). The molecule has 2 aromatic rings. The molecule has 1 aromatic carbocycles. The number of hydrogen-bond acceptors (Lipinski definition) is 5. The summed E-state index contributed by atoms with van der Waals surface area (Å²) in [5.41, 5.74) is 2.56. The van der Waals surface area contributed by atoms with E-state index in [1.807, 2.05) is 0 Å². The van der Waals surface area contributed by atoms with Crippen molar-refractivity contribution >= 4 is 39.0 Å². The van der Waals surface area contributed by atoms with E-state index in [1.54, 1.807) is 29.3 Å². The van der Waals surface area contributed by atoms with Gasteiger partial charge in [-0.25, -0.2) is 8.42 Å². The number of piperidine rings is 1. The van der Waals surface area contributed by atoms with Crippen molar-refractivity contribution < 1.29 is 13.2 Å². The number of nitrogens with one attached hydrogen (secondary N) is 1. The van der Waals surface area contributed by atoms with Crippen LogP contribution in [-0.4, -0.2) is 44.0 Å². The van der Waals surface area contributed by atoms with E-state index in [2.05, 4.69) is 36.5 Å². The van der Waals surface area contributed by atoms with Crippen LogP contribution in [0.2, 0.25) is 0 Å². The van der Waals surface area contributed by atoms with Crippen LogP contribution in [0.1, 0.15) is 24.0 Å². The molecule has 0 atom stereocenters. The number of aryl methyl sites for hydroxylation is 1. The summed E-state index contributed by atoms with van der Waals surface area (Å²) in [5, 5.41) is 4.77. The Kier molecular flexibility index (Phi) is 7.56. The molecule has 152 valence electrons. The second-order valence-electron chi connectivity index (χ2n) is 6.94. The van der Waals surface area contributed by atoms with E-state index in [0.717, 1.165) is 11.5 Å². The van der Waals surface area contributed by atoms with Gasteiger partial charge in [0.2, 0.25) is 5.91 Å². The maximum absolute atomic E-state index is 12.5. The van der Waals surface area contributed by atoms with Crippen molar-refractivity contribution in [3.8, 4) is 0 Å². The Morgan fingerprint density at radius 3 is 2.71 bits per heavy atom. The van der Waals surface area contributed by atoms with Crippen molar-refractivity contribution in [2.24, 2.45) is 5.92 Å². The third-order valence-corrected chi connectivity index (χ3v) is 9.11. The van der Waals surface area contributed by atoms with Gasteiger partial charge in [-0.05, 0) is 36.8 Å². The smallest absolute Gasteiger partial charge is 0.252 e. The molecule has 1 N–H and O–H groups in total. The summed E-state index contributed by atoms with van der Waals surface area (Å²) in [7, 11) is -3.40. The molecule has 0 aliphatic carbocycles. The molecule has 0 saturated carbocycles. The Hall–Kier alpha value is -1.35. The van der Waals surface area contributed by atoms with Crippen molar-refractivity contribution in [3.05, 3.63) is 52.9 Å². The van der Waals surface area contributed by atoms with Gasteiger partial charge in [0, 0.05) is 37.1 Å². The third kappa shape index (κ3) is 5.59. The van der Waals surface area contributed by atoms with Gasteiger partial charge < -0.3 is 5.32 Å². The first kappa shape index (κ1) is 21.4. The highest BCUT2D eigenvalue weighted by Gasteiger charge is 2.32. The van der Waals surface area contributed by atoms with E-state index in [1.165, 1.54) is 26.8 Å². The number of carbonyl (C=O) groups excluding carboxylic acids is 1. The lowest BCUT2D eigenvalue weighted by Gasteiger charge is -2.30. The molecule has 0 bridgehead atoms. The van der Waals surface area contributed by atoms with Gasteiger partial charge in [-0.1, -0.05) is 35.9 Å². The maximum atomic E-state index is 12.5. The van der Waals surface area contributed by atoms with Crippen molar-refractivity contribution in [2.75, 3.05) is 25.4 Å². The molecular weight excluding hydrogens is 412 g/mol. The first-order valence-electron chi connectivity index (χ1n) is 9.41. The summed E-state index contributed by atoms with van der Waals surface area (Å²) in [4.78, 5) is 12.4. The molecule has 5 nitrogen and oxygen atoms in total.